The Balaban J connectivity index is 1.76. The molecule has 0 aromatic rings. The van der Waals surface area contributed by atoms with Gasteiger partial charge in [-0.05, 0) is 32.5 Å². The van der Waals surface area contributed by atoms with Crippen molar-refractivity contribution in [3.63, 3.8) is 0 Å². The molecule has 5 nitrogen and oxygen atoms in total. The molecule has 5 heteroatoms. The predicted octanol–water partition coefficient (Wildman–Crippen LogP) is 1.18. The van der Waals surface area contributed by atoms with E-state index in [1.165, 1.54) is 0 Å². The molecule has 6 atom stereocenters. The third kappa shape index (κ3) is 1.41. The molecule has 5 rings (SSSR count). The number of nitrogens with two attached hydrogens (primary N) is 1. The average Bonchev–Trinajstić information content (AvgIpc) is 2.89. The molecule has 5 aliphatic rings. The first-order valence-electron chi connectivity index (χ1n) is 8.42. The zero-order valence-corrected chi connectivity index (χ0v) is 13.5. The van der Waals surface area contributed by atoms with Crippen LogP contribution in [0.1, 0.15) is 12.8 Å². The Hall–Kier alpha value is -1.75. The first-order chi connectivity index (χ1) is 11.1. The Morgan fingerprint density at radius 2 is 2.30 bits per heavy atom. The number of allylic oxidation sites excluding steroid dienone is 3. The Morgan fingerprint density at radius 1 is 1.48 bits per heavy atom. The number of piperidine rings is 1. The fourth-order valence-corrected chi connectivity index (χ4v) is 5.95. The molecular weight excluding hydrogens is 292 g/mol. The van der Waals surface area contributed by atoms with Crippen molar-refractivity contribution in [3.05, 3.63) is 35.4 Å². The molecule has 2 heterocycles. The average molecular weight is 314 g/mol. The van der Waals surface area contributed by atoms with Crippen LogP contribution < -0.4 is 5.73 Å². The Morgan fingerprint density at radius 3 is 3.09 bits per heavy atom. The maximum Gasteiger partial charge on any atom is 0.196 e. The van der Waals surface area contributed by atoms with E-state index in [0.29, 0.717) is 17.7 Å². The number of carbonyl (C=O) groups is 1. The largest absolute Gasteiger partial charge is 0.493 e. The highest BCUT2D eigenvalue weighted by molar-refractivity contribution is 5.96. The van der Waals surface area contributed by atoms with Crippen LogP contribution in [0, 0.1) is 23.2 Å². The monoisotopic (exact) mass is 314 g/mol. The number of ketones is 1. The molecule has 3 aliphatic carbocycles. The summed E-state index contributed by atoms with van der Waals surface area (Å²) in [5.41, 5.74) is 7.13. The maximum absolute atomic E-state index is 12.6. The summed E-state index contributed by atoms with van der Waals surface area (Å²) in [5, 5.41) is 0. The number of nitrogens with zero attached hydrogens (tertiary/aromatic N) is 1. The molecule has 2 saturated heterocycles. The molecule has 0 amide bonds. The van der Waals surface area contributed by atoms with E-state index in [0.717, 1.165) is 30.8 Å². The Bertz CT molecular complexity index is 694. The number of likely N-dealkylation sites (tertiary alicyclic amines) is 1. The van der Waals surface area contributed by atoms with E-state index < -0.39 is 0 Å². The van der Waals surface area contributed by atoms with Crippen molar-refractivity contribution in [2.24, 2.45) is 28.9 Å². The second kappa shape index (κ2) is 4.20. The van der Waals surface area contributed by atoms with E-state index in [2.05, 4.69) is 18.0 Å². The lowest BCUT2D eigenvalue weighted by Crippen LogP contribution is -2.65. The van der Waals surface area contributed by atoms with E-state index in [9.17, 15) is 4.79 Å². The van der Waals surface area contributed by atoms with Crippen LogP contribution >= 0.6 is 0 Å². The van der Waals surface area contributed by atoms with Gasteiger partial charge in [-0.3, -0.25) is 4.79 Å². The summed E-state index contributed by atoms with van der Waals surface area (Å²) in [6, 6.07) is 0.427. The van der Waals surface area contributed by atoms with E-state index in [4.69, 9.17) is 15.2 Å². The van der Waals surface area contributed by atoms with Crippen molar-refractivity contribution in [1.29, 1.82) is 0 Å². The fraction of sp³-hybridized carbons (Fsp3) is 0.611. The van der Waals surface area contributed by atoms with Crippen LogP contribution in [0.3, 0.4) is 0 Å². The summed E-state index contributed by atoms with van der Waals surface area (Å²) < 4.78 is 11.8. The Kier molecular flexibility index (Phi) is 2.50. The van der Waals surface area contributed by atoms with Crippen LogP contribution in [0.5, 0.6) is 0 Å². The highest BCUT2D eigenvalue weighted by Gasteiger charge is 2.70. The van der Waals surface area contributed by atoms with E-state index >= 15 is 0 Å². The molecule has 0 aromatic heterocycles. The summed E-state index contributed by atoms with van der Waals surface area (Å²) in [7, 11) is 3.83. The minimum atomic E-state index is -0.374. The molecule has 2 unspecified atom stereocenters. The van der Waals surface area contributed by atoms with Gasteiger partial charge in [-0.2, -0.15) is 0 Å². The number of methoxy groups -OCH3 is 1. The lowest BCUT2D eigenvalue weighted by molar-refractivity contribution is -0.141. The minimum Gasteiger partial charge on any atom is -0.493 e. The smallest absolute Gasteiger partial charge is 0.196 e. The van der Waals surface area contributed by atoms with Gasteiger partial charge in [0.2, 0.25) is 0 Å². The summed E-state index contributed by atoms with van der Waals surface area (Å²) in [4.78, 5) is 15.0. The first-order valence-corrected chi connectivity index (χ1v) is 8.42. The molecule has 3 fully saturated rings. The van der Waals surface area contributed by atoms with Crippen LogP contribution in [-0.4, -0.2) is 43.5 Å². The number of ether oxygens (including phenoxy) is 2. The zero-order valence-electron chi connectivity index (χ0n) is 13.5. The van der Waals surface area contributed by atoms with Crippen molar-refractivity contribution < 1.29 is 14.3 Å². The SMILES string of the molecule is COC1=C2O[C@H]3C(=O)C=C[C@H]4[C@H]5CC(C(N)=C1)C2[C@@]34CCN5C. The summed E-state index contributed by atoms with van der Waals surface area (Å²) in [5.74, 6) is 2.44. The first kappa shape index (κ1) is 13.7. The standard InChI is InChI=1S/C18H22N2O3/c1-20-6-5-18-10-3-4-13(21)17(18)23-16-14(22-2)8-11(19)9(15(16)18)7-12(10)20/h3-4,8-10,12,15,17H,5-7,19H2,1-2H3/t9?,10-,12+,15?,17-,18-/m0/s1. The van der Waals surface area contributed by atoms with Crippen LogP contribution in [0.15, 0.2) is 35.4 Å². The van der Waals surface area contributed by atoms with Gasteiger partial charge in [0.1, 0.15) is 5.76 Å². The van der Waals surface area contributed by atoms with Crippen LogP contribution in [0.4, 0.5) is 0 Å². The van der Waals surface area contributed by atoms with Crippen molar-refractivity contribution in [1.82, 2.24) is 4.90 Å². The van der Waals surface area contributed by atoms with Crippen molar-refractivity contribution in [2.45, 2.75) is 25.0 Å². The van der Waals surface area contributed by atoms with Gasteiger partial charge in [0.25, 0.3) is 0 Å². The number of carbonyl (C=O) groups excluding carboxylic acids is 1. The van der Waals surface area contributed by atoms with Crippen LogP contribution in [0.2, 0.25) is 0 Å². The van der Waals surface area contributed by atoms with E-state index in [1.54, 1.807) is 13.2 Å². The Labute approximate surface area is 135 Å². The van der Waals surface area contributed by atoms with Gasteiger partial charge in [-0.1, -0.05) is 6.08 Å². The molecule has 0 aromatic carbocycles. The molecule has 0 radical (unpaired) electrons. The van der Waals surface area contributed by atoms with E-state index in [-0.39, 0.29) is 29.1 Å². The summed E-state index contributed by atoms with van der Waals surface area (Å²) in [6.45, 7) is 1.00. The quantitative estimate of drug-likeness (QED) is 0.787. The number of hydrogen-bond donors (Lipinski definition) is 1. The number of hydrogen-bond acceptors (Lipinski definition) is 5. The normalized spacial score (nSPS) is 47.1. The number of rotatable bonds is 1. The van der Waals surface area contributed by atoms with Gasteiger partial charge < -0.3 is 20.1 Å². The van der Waals surface area contributed by atoms with Gasteiger partial charge >= 0.3 is 0 Å². The highest BCUT2D eigenvalue weighted by atomic mass is 16.5. The van der Waals surface area contributed by atoms with Gasteiger partial charge in [0.15, 0.2) is 17.6 Å². The van der Waals surface area contributed by atoms with Gasteiger partial charge in [0, 0.05) is 41.0 Å². The molecule has 1 saturated carbocycles. The third-order valence-corrected chi connectivity index (χ3v) is 6.91. The molecule has 2 N–H and O–H groups in total. The fourth-order valence-electron chi connectivity index (χ4n) is 5.95. The lowest BCUT2D eigenvalue weighted by Gasteiger charge is -2.59. The second-order valence-corrected chi connectivity index (χ2v) is 7.59. The second-order valence-electron chi connectivity index (χ2n) is 7.59. The lowest BCUT2D eigenvalue weighted by atomic mass is 9.47. The minimum absolute atomic E-state index is 0.0983. The molecule has 1 spiro atoms. The van der Waals surface area contributed by atoms with Crippen LogP contribution in [0.25, 0.3) is 0 Å². The highest BCUT2D eigenvalue weighted by Crippen LogP contribution is 2.67. The molecular formula is C18H22N2O3. The van der Waals surface area contributed by atoms with Gasteiger partial charge in [-0.25, -0.2) is 0 Å². The molecule has 2 bridgehead atoms. The van der Waals surface area contributed by atoms with Crippen molar-refractivity contribution in [2.75, 3.05) is 20.7 Å². The summed E-state index contributed by atoms with van der Waals surface area (Å²) >= 11 is 0. The van der Waals surface area contributed by atoms with Gasteiger partial charge in [-0.15, -0.1) is 0 Å². The third-order valence-electron chi connectivity index (χ3n) is 6.91. The molecule has 2 aliphatic heterocycles. The summed E-state index contributed by atoms with van der Waals surface area (Å²) in [6.07, 6.45) is 7.40. The topological polar surface area (TPSA) is 64.8 Å². The predicted molar refractivity (Wildman–Crippen MR) is 83.9 cm³/mol. The maximum atomic E-state index is 12.6. The van der Waals surface area contributed by atoms with Crippen molar-refractivity contribution >= 4 is 5.78 Å². The molecule has 122 valence electrons. The molecule has 23 heavy (non-hydrogen) atoms. The zero-order chi connectivity index (χ0) is 15.9. The van der Waals surface area contributed by atoms with Gasteiger partial charge in [0.05, 0.1) is 7.11 Å². The van der Waals surface area contributed by atoms with Crippen molar-refractivity contribution in [3.8, 4) is 0 Å². The van der Waals surface area contributed by atoms with E-state index in [1.807, 2.05) is 6.08 Å². The van der Waals surface area contributed by atoms with Crippen LogP contribution in [-0.2, 0) is 14.3 Å².